The van der Waals surface area contributed by atoms with Gasteiger partial charge in [0, 0.05) is 17.6 Å². The number of nitriles is 1. The number of ether oxygens (including phenoxy) is 1. The normalized spacial score (nSPS) is 15.1. The van der Waals surface area contributed by atoms with Crippen LogP contribution in [0.25, 0.3) is 22.2 Å². The number of anilines is 1. The number of fused-ring (bicyclic) bond motifs is 1. The summed E-state index contributed by atoms with van der Waals surface area (Å²) >= 11 is 0. The van der Waals surface area contributed by atoms with Crippen molar-refractivity contribution >= 4 is 22.5 Å². The standard InChI is InChI=1S/C23H21N3O2/c1-3-26-21-12-11-18(28-2)13-19(21)20(14-24)22(26)15-7-9-17(10-8-15)25-23(27)16-5-4-6-16/h4-5,7-13,16H,3,6H2,1-2H3,(H,25,27). The van der Waals surface area contributed by atoms with Crippen LogP contribution in [-0.2, 0) is 11.3 Å². The molecule has 1 aromatic heterocycles. The maximum atomic E-state index is 12.1. The van der Waals surface area contributed by atoms with Gasteiger partial charge in [0.25, 0.3) is 0 Å². The summed E-state index contributed by atoms with van der Waals surface area (Å²) in [5, 5.41) is 13.7. The predicted molar refractivity (Wildman–Crippen MR) is 110 cm³/mol. The van der Waals surface area contributed by atoms with Crippen LogP contribution in [-0.4, -0.2) is 17.6 Å². The number of amides is 1. The van der Waals surface area contributed by atoms with Crippen LogP contribution in [0.15, 0.2) is 54.6 Å². The van der Waals surface area contributed by atoms with Crippen molar-refractivity contribution < 1.29 is 9.53 Å². The SMILES string of the molecule is CCn1c(-c2ccc(NC(=O)C3C=CC3)cc2)c(C#N)c2cc(OC)ccc21. The topological polar surface area (TPSA) is 67.0 Å². The van der Waals surface area contributed by atoms with E-state index in [4.69, 9.17) is 4.74 Å². The van der Waals surface area contributed by atoms with Crippen LogP contribution in [0, 0.1) is 17.2 Å². The number of aromatic nitrogens is 1. The zero-order valence-corrected chi connectivity index (χ0v) is 15.9. The second kappa shape index (κ2) is 7.24. The minimum Gasteiger partial charge on any atom is -0.497 e. The Hall–Kier alpha value is -3.52. The van der Waals surface area contributed by atoms with Crippen LogP contribution >= 0.6 is 0 Å². The van der Waals surface area contributed by atoms with Gasteiger partial charge in [0.05, 0.1) is 29.8 Å². The largest absolute Gasteiger partial charge is 0.497 e. The fourth-order valence-electron chi connectivity index (χ4n) is 3.62. The van der Waals surface area contributed by atoms with Gasteiger partial charge in [-0.2, -0.15) is 5.26 Å². The molecule has 1 unspecified atom stereocenters. The predicted octanol–water partition coefficient (Wildman–Crippen LogP) is 4.72. The maximum Gasteiger partial charge on any atom is 0.231 e. The van der Waals surface area contributed by atoms with E-state index in [-0.39, 0.29) is 11.8 Å². The van der Waals surface area contributed by atoms with E-state index < -0.39 is 0 Å². The van der Waals surface area contributed by atoms with E-state index >= 15 is 0 Å². The molecular weight excluding hydrogens is 350 g/mol. The van der Waals surface area contributed by atoms with Gasteiger partial charge < -0.3 is 14.6 Å². The molecule has 1 aliphatic carbocycles. The van der Waals surface area contributed by atoms with Crippen LogP contribution in [0.4, 0.5) is 5.69 Å². The highest BCUT2D eigenvalue weighted by atomic mass is 16.5. The van der Waals surface area contributed by atoms with Crippen LogP contribution in [0.2, 0.25) is 0 Å². The molecule has 1 heterocycles. The quantitative estimate of drug-likeness (QED) is 0.660. The number of nitrogens with one attached hydrogen (secondary N) is 1. The highest BCUT2D eigenvalue weighted by Crippen LogP contribution is 2.35. The van der Waals surface area contributed by atoms with Gasteiger partial charge in [0.1, 0.15) is 11.8 Å². The maximum absolute atomic E-state index is 12.1. The van der Waals surface area contributed by atoms with Crippen LogP contribution in [0.5, 0.6) is 5.75 Å². The van der Waals surface area contributed by atoms with Crippen molar-refractivity contribution in [1.82, 2.24) is 4.57 Å². The molecule has 5 nitrogen and oxygen atoms in total. The first-order chi connectivity index (χ1) is 13.7. The molecule has 1 atom stereocenters. The molecule has 2 aromatic carbocycles. The lowest BCUT2D eigenvalue weighted by molar-refractivity contribution is -0.118. The van der Waals surface area contributed by atoms with Crippen molar-refractivity contribution in [1.29, 1.82) is 5.26 Å². The Morgan fingerprint density at radius 1 is 1.29 bits per heavy atom. The number of rotatable bonds is 5. The second-order valence-electron chi connectivity index (χ2n) is 6.80. The lowest BCUT2D eigenvalue weighted by Gasteiger charge is -2.17. The van der Waals surface area contributed by atoms with E-state index in [0.29, 0.717) is 5.56 Å². The van der Waals surface area contributed by atoms with E-state index in [0.717, 1.165) is 46.6 Å². The van der Waals surface area contributed by atoms with Gasteiger partial charge in [-0.25, -0.2) is 0 Å². The molecule has 0 saturated heterocycles. The van der Waals surface area contributed by atoms with E-state index in [9.17, 15) is 10.1 Å². The molecule has 140 valence electrons. The molecule has 0 spiro atoms. The molecule has 3 aromatic rings. The van der Waals surface area contributed by atoms with Gasteiger partial charge in [-0.1, -0.05) is 24.3 Å². The minimum atomic E-state index is -0.0255. The zero-order valence-electron chi connectivity index (χ0n) is 15.9. The van der Waals surface area contributed by atoms with Crippen molar-refractivity contribution in [3.05, 3.63) is 60.2 Å². The molecule has 28 heavy (non-hydrogen) atoms. The molecule has 0 fully saturated rings. The minimum absolute atomic E-state index is 0.0164. The Kier molecular flexibility index (Phi) is 4.62. The van der Waals surface area contributed by atoms with E-state index in [1.807, 2.05) is 54.6 Å². The third-order valence-electron chi connectivity index (χ3n) is 5.22. The molecular formula is C23H21N3O2. The molecule has 5 heteroatoms. The van der Waals surface area contributed by atoms with Gasteiger partial charge in [-0.05, 0) is 49.2 Å². The first-order valence-electron chi connectivity index (χ1n) is 9.34. The zero-order chi connectivity index (χ0) is 19.7. The van der Waals surface area contributed by atoms with E-state index in [2.05, 4.69) is 22.9 Å². The molecule has 0 saturated carbocycles. The summed E-state index contributed by atoms with van der Waals surface area (Å²) in [5.74, 6) is 0.720. The Bertz CT molecular complexity index is 1120. The third-order valence-corrected chi connectivity index (χ3v) is 5.22. The lowest BCUT2D eigenvalue weighted by Crippen LogP contribution is -2.24. The van der Waals surface area contributed by atoms with Gasteiger partial charge in [-0.15, -0.1) is 0 Å². The number of carbonyl (C=O) groups is 1. The van der Waals surface area contributed by atoms with Crippen molar-refractivity contribution in [2.24, 2.45) is 5.92 Å². The molecule has 1 aliphatic rings. The highest BCUT2D eigenvalue weighted by molar-refractivity contribution is 5.97. The number of nitrogens with zero attached hydrogens (tertiary/aromatic N) is 2. The average molecular weight is 371 g/mol. The summed E-state index contributed by atoms with van der Waals surface area (Å²) < 4.78 is 7.47. The number of benzene rings is 2. The Balaban J connectivity index is 1.74. The van der Waals surface area contributed by atoms with Crippen LogP contribution in [0.3, 0.4) is 0 Å². The first-order valence-corrected chi connectivity index (χ1v) is 9.34. The number of methoxy groups -OCH3 is 1. The summed E-state index contributed by atoms with van der Waals surface area (Å²) in [5.41, 5.74) is 4.22. The number of carbonyl (C=O) groups excluding carboxylic acids is 1. The number of hydrogen-bond donors (Lipinski definition) is 1. The van der Waals surface area contributed by atoms with Crippen LogP contribution < -0.4 is 10.1 Å². The van der Waals surface area contributed by atoms with E-state index in [1.165, 1.54) is 0 Å². The molecule has 0 bridgehead atoms. The molecule has 1 N–H and O–H groups in total. The summed E-state index contributed by atoms with van der Waals surface area (Å²) in [6.07, 6.45) is 4.71. The summed E-state index contributed by atoms with van der Waals surface area (Å²) in [4.78, 5) is 12.1. The fourth-order valence-corrected chi connectivity index (χ4v) is 3.62. The van der Waals surface area contributed by atoms with Gasteiger partial charge in [0.15, 0.2) is 0 Å². The fraction of sp³-hybridized carbons (Fsp3) is 0.217. The number of allylic oxidation sites excluding steroid dienone is 1. The second-order valence-corrected chi connectivity index (χ2v) is 6.80. The Morgan fingerprint density at radius 2 is 2.04 bits per heavy atom. The van der Waals surface area contributed by atoms with E-state index in [1.54, 1.807) is 7.11 Å². The third kappa shape index (κ3) is 2.93. The lowest BCUT2D eigenvalue weighted by atomic mass is 9.94. The summed E-state index contributed by atoms with van der Waals surface area (Å²) in [6, 6.07) is 15.8. The number of hydrogen-bond acceptors (Lipinski definition) is 3. The van der Waals surface area contributed by atoms with Gasteiger partial charge in [-0.3, -0.25) is 4.79 Å². The highest BCUT2D eigenvalue weighted by Gasteiger charge is 2.20. The first kappa shape index (κ1) is 17.9. The smallest absolute Gasteiger partial charge is 0.231 e. The van der Waals surface area contributed by atoms with Crippen molar-refractivity contribution in [2.45, 2.75) is 19.9 Å². The Labute approximate surface area is 163 Å². The van der Waals surface area contributed by atoms with Crippen molar-refractivity contribution in [3.8, 4) is 23.1 Å². The molecule has 0 radical (unpaired) electrons. The molecule has 0 aliphatic heterocycles. The summed E-state index contributed by atoms with van der Waals surface area (Å²) in [6.45, 7) is 2.81. The van der Waals surface area contributed by atoms with Crippen molar-refractivity contribution in [2.75, 3.05) is 12.4 Å². The monoisotopic (exact) mass is 371 g/mol. The van der Waals surface area contributed by atoms with Crippen LogP contribution in [0.1, 0.15) is 18.9 Å². The van der Waals surface area contributed by atoms with Gasteiger partial charge >= 0.3 is 0 Å². The number of aryl methyl sites for hydroxylation is 1. The van der Waals surface area contributed by atoms with Gasteiger partial charge in [0.2, 0.25) is 5.91 Å². The Morgan fingerprint density at radius 3 is 2.61 bits per heavy atom. The average Bonchev–Trinajstić information content (AvgIpc) is 2.99. The summed E-state index contributed by atoms with van der Waals surface area (Å²) in [7, 11) is 1.62. The molecule has 1 amide bonds. The molecule has 4 rings (SSSR count). The van der Waals surface area contributed by atoms with Crippen molar-refractivity contribution in [3.63, 3.8) is 0 Å².